The molecule has 0 bridgehead atoms. The molecule has 1 aromatic rings. The van der Waals surface area contributed by atoms with Crippen LogP contribution < -0.4 is 10.5 Å². The molecule has 0 radical (unpaired) electrons. The second-order valence-corrected chi connectivity index (χ2v) is 4.85. The summed E-state index contributed by atoms with van der Waals surface area (Å²) in [7, 11) is 3.33. The van der Waals surface area contributed by atoms with Crippen molar-refractivity contribution in [3.63, 3.8) is 0 Å². The van der Waals surface area contributed by atoms with Gasteiger partial charge in [0.05, 0.1) is 20.3 Å². The van der Waals surface area contributed by atoms with E-state index in [1.165, 1.54) is 0 Å². The topological polar surface area (TPSA) is 53.7 Å². The number of methoxy groups -OCH3 is 2. The highest BCUT2D eigenvalue weighted by Gasteiger charge is 2.02. The minimum Gasteiger partial charge on any atom is -0.497 e. The van der Waals surface area contributed by atoms with Gasteiger partial charge in [0.2, 0.25) is 0 Å². The van der Waals surface area contributed by atoms with Crippen LogP contribution in [0.1, 0.15) is 6.42 Å². The third kappa shape index (κ3) is 5.62. The molecule has 0 aromatic heterocycles. The first-order valence-corrected chi connectivity index (χ1v) is 6.89. The fraction of sp³-hybridized carbons (Fsp3) is 0.538. The van der Waals surface area contributed by atoms with Crippen molar-refractivity contribution in [1.29, 1.82) is 0 Å². The summed E-state index contributed by atoms with van der Waals surface area (Å²) < 4.78 is 15.5. The SMILES string of the molecule is COCCOCCCSc1cc(OC)ccc1N. The van der Waals surface area contributed by atoms with Gasteiger partial charge in [-0.25, -0.2) is 0 Å². The summed E-state index contributed by atoms with van der Waals surface area (Å²) in [4.78, 5) is 1.06. The smallest absolute Gasteiger partial charge is 0.120 e. The average molecular weight is 271 g/mol. The maximum Gasteiger partial charge on any atom is 0.120 e. The van der Waals surface area contributed by atoms with Crippen molar-refractivity contribution in [2.45, 2.75) is 11.3 Å². The van der Waals surface area contributed by atoms with Crippen molar-refractivity contribution < 1.29 is 14.2 Å². The fourth-order valence-electron chi connectivity index (χ4n) is 1.35. The largest absolute Gasteiger partial charge is 0.497 e. The van der Waals surface area contributed by atoms with Crippen LogP contribution in [0.5, 0.6) is 5.75 Å². The number of nitrogen functional groups attached to an aromatic ring is 1. The minimum absolute atomic E-state index is 0.649. The normalized spacial score (nSPS) is 10.6. The van der Waals surface area contributed by atoms with Gasteiger partial charge in [-0.05, 0) is 24.6 Å². The number of ether oxygens (including phenoxy) is 3. The molecule has 0 fully saturated rings. The third-order valence-corrected chi connectivity index (χ3v) is 3.50. The monoisotopic (exact) mass is 271 g/mol. The molecule has 5 heteroatoms. The van der Waals surface area contributed by atoms with Crippen LogP contribution >= 0.6 is 11.8 Å². The first kappa shape index (κ1) is 15.1. The van der Waals surface area contributed by atoms with Crippen LogP contribution in [-0.2, 0) is 9.47 Å². The van der Waals surface area contributed by atoms with Crippen LogP contribution in [-0.4, -0.2) is 39.8 Å². The lowest BCUT2D eigenvalue weighted by atomic mass is 10.3. The molecular formula is C13H21NO3S. The Kier molecular flexibility index (Phi) is 7.64. The summed E-state index contributed by atoms with van der Waals surface area (Å²) in [5.74, 6) is 1.81. The first-order chi connectivity index (χ1) is 8.77. The van der Waals surface area contributed by atoms with Crippen molar-refractivity contribution in [1.82, 2.24) is 0 Å². The molecule has 1 aromatic carbocycles. The lowest BCUT2D eigenvalue weighted by Crippen LogP contribution is -2.03. The van der Waals surface area contributed by atoms with E-state index in [1.807, 2.05) is 18.2 Å². The van der Waals surface area contributed by atoms with Crippen LogP contribution in [0.25, 0.3) is 0 Å². The van der Waals surface area contributed by atoms with Gasteiger partial charge in [0.25, 0.3) is 0 Å². The van der Waals surface area contributed by atoms with Gasteiger partial charge in [-0.1, -0.05) is 0 Å². The summed E-state index contributed by atoms with van der Waals surface area (Å²) in [5, 5.41) is 0. The third-order valence-electron chi connectivity index (χ3n) is 2.34. The van der Waals surface area contributed by atoms with E-state index in [-0.39, 0.29) is 0 Å². The highest BCUT2D eigenvalue weighted by Crippen LogP contribution is 2.29. The molecule has 0 atom stereocenters. The van der Waals surface area contributed by atoms with Crippen LogP contribution in [0.4, 0.5) is 5.69 Å². The van der Waals surface area contributed by atoms with Crippen molar-refractivity contribution in [2.75, 3.05) is 45.5 Å². The van der Waals surface area contributed by atoms with Crippen LogP contribution in [0, 0.1) is 0 Å². The van der Waals surface area contributed by atoms with Crippen molar-refractivity contribution in [3.8, 4) is 5.75 Å². The second kappa shape index (κ2) is 9.08. The minimum atomic E-state index is 0.649. The lowest BCUT2D eigenvalue weighted by molar-refractivity contribution is 0.0713. The number of hydrogen-bond donors (Lipinski definition) is 1. The number of benzene rings is 1. The first-order valence-electron chi connectivity index (χ1n) is 5.91. The maximum atomic E-state index is 5.90. The van der Waals surface area contributed by atoms with E-state index < -0.39 is 0 Å². The fourth-order valence-corrected chi connectivity index (χ4v) is 2.27. The Labute approximate surface area is 113 Å². The average Bonchev–Trinajstić information content (AvgIpc) is 2.39. The highest BCUT2D eigenvalue weighted by molar-refractivity contribution is 7.99. The van der Waals surface area contributed by atoms with E-state index in [1.54, 1.807) is 26.0 Å². The van der Waals surface area contributed by atoms with E-state index in [0.29, 0.717) is 13.2 Å². The Morgan fingerprint density at radius 2 is 2.00 bits per heavy atom. The Bertz CT molecular complexity index is 347. The molecule has 0 amide bonds. The molecule has 0 heterocycles. The zero-order valence-electron chi connectivity index (χ0n) is 11.0. The van der Waals surface area contributed by atoms with E-state index in [0.717, 1.165) is 35.1 Å². The maximum absolute atomic E-state index is 5.90. The molecule has 4 nitrogen and oxygen atoms in total. The molecule has 0 aliphatic rings. The van der Waals surface area contributed by atoms with Crippen LogP contribution in [0.15, 0.2) is 23.1 Å². The Morgan fingerprint density at radius 1 is 1.17 bits per heavy atom. The molecule has 0 unspecified atom stereocenters. The highest BCUT2D eigenvalue weighted by atomic mass is 32.2. The number of anilines is 1. The van der Waals surface area contributed by atoms with Crippen LogP contribution in [0.2, 0.25) is 0 Å². The van der Waals surface area contributed by atoms with Gasteiger partial charge in [-0.2, -0.15) is 0 Å². The Hall–Kier alpha value is -0.910. The molecule has 18 heavy (non-hydrogen) atoms. The molecule has 0 saturated heterocycles. The number of hydrogen-bond acceptors (Lipinski definition) is 5. The van der Waals surface area contributed by atoms with Gasteiger partial charge in [-0.3, -0.25) is 0 Å². The molecular weight excluding hydrogens is 250 g/mol. The number of thioether (sulfide) groups is 1. The predicted octanol–water partition coefficient (Wildman–Crippen LogP) is 2.42. The van der Waals surface area contributed by atoms with Gasteiger partial charge in [0.15, 0.2) is 0 Å². The van der Waals surface area contributed by atoms with Crippen LogP contribution in [0.3, 0.4) is 0 Å². The standard InChI is InChI=1S/C13H21NO3S/c1-15-7-8-17-6-3-9-18-13-10-11(16-2)4-5-12(13)14/h4-5,10H,3,6-9,14H2,1-2H3. The number of nitrogens with two attached hydrogens (primary N) is 1. The molecule has 0 aliphatic carbocycles. The predicted molar refractivity (Wildman–Crippen MR) is 75.4 cm³/mol. The van der Waals surface area contributed by atoms with Crippen molar-refractivity contribution in [3.05, 3.63) is 18.2 Å². The van der Waals surface area contributed by atoms with E-state index in [4.69, 9.17) is 19.9 Å². The quantitative estimate of drug-likeness (QED) is 0.425. The van der Waals surface area contributed by atoms with Crippen molar-refractivity contribution >= 4 is 17.4 Å². The van der Waals surface area contributed by atoms with Gasteiger partial charge >= 0.3 is 0 Å². The van der Waals surface area contributed by atoms with E-state index in [2.05, 4.69) is 0 Å². The Balaban J connectivity index is 2.22. The van der Waals surface area contributed by atoms with Crippen molar-refractivity contribution in [2.24, 2.45) is 0 Å². The lowest BCUT2D eigenvalue weighted by Gasteiger charge is -2.08. The van der Waals surface area contributed by atoms with Gasteiger partial charge in [-0.15, -0.1) is 11.8 Å². The van der Waals surface area contributed by atoms with Gasteiger partial charge in [0, 0.05) is 30.1 Å². The van der Waals surface area contributed by atoms with Gasteiger partial charge in [0.1, 0.15) is 5.75 Å². The molecule has 0 saturated carbocycles. The molecule has 0 aliphatic heterocycles. The zero-order valence-corrected chi connectivity index (χ0v) is 11.8. The summed E-state index contributed by atoms with van der Waals surface area (Å²) in [6.45, 7) is 2.05. The summed E-state index contributed by atoms with van der Waals surface area (Å²) in [5.41, 5.74) is 6.69. The Morgan fingerprint density at radius 3 is 2.72 bits per heavy atom. The molecule has 2 N–H and O–H groups in total. The number of rotatable bonds is 9. The molecule has 102 valence electrons. The van der Waals surface area contributed by atoms with E-state index >= 15 is 0 Å². The van der Waals surface area contributed by atoms with E-state index in [9.17, 15) is 0 Å². The molecule has 1 rings (SSSR count). The zero-order chi connectivity index (χ0) is 13.2. The molecule has 0 spiro atoms. The van der Waals surface area contributed by atoms with Gasteiger partial charge < -0.3 is 19.9 Å². The summed E-state index contributed by atoms with van der Waals surface area (Å²) in [6, 6.07) is 5.70. The second-order valence-electron chi connectivity index (χ2n) is 3.71. The summed E-state index contributed by atoms with van der Waals surface area (Å²) >= 11 is 1.72. The summed E-state index contributed by atoms with van der Waals surface area (Å²) in [6.07, 6.45) is 0.991.